The number of pyridine rings is 1. The maximum absolute atomic E-state index is 13.6. The standard InChI is InChI=1S/C27H27N3O3S2/c1-16(2)19-12-11-17(3)14-21(19)33-24-20(25(31)29-13-7-6-10-23(29)28-24)15-22-26(32)30(27(34)35-22)18-8-4-5-9-18/h6-7,10-16,18H,4-5,8-9H2,1-3H3/b22-15+. The lowest BCUT2D eigenvalue weighted by molar-refractivity contribution is -0.123. The Morgan fingerprint density at radius 2 is 1.94 bits per heavy atom. The first-order chi connectivity index (χ1) is 16.8. The molecule has 2 aliphatic rings. The van der Waals surface area contributed by atoms with E-state index in [4.69, 9.17) is 17.0 Å². The third-order valence-electron chi connectivity index (χ3n) is 6.52. The van der Waals surface area contributed by atoms with E-state index in [0.717, 1.165) is 36.8 Å². The number of ether oxygens (including phenoxy) is 1. The van der Waals surface area contributed by atoms with Gasteiger partial charge in [0.05, 0.1) is 4.91 Å². The molecule has 6 nitrogen and oxygen atoms in total. The molecule has 1 amide bonds. The summed E-state index contributed by atoms with van der Waals surface area (Å²) < 4.78 is 8.35. The molecule has 2 fully saturated rings. The number of amides is 1. The van der Waals surface area contributed by atoms with E-state index < -0.39 is 0 Å². The number of hydrogen-bond donors (Lipinski definition) is 0. The lowest BCUT2D eigenvalue weighted by atomic mass is 10.0. The highest BCUT2D eigenvalue weighted by Crippen LogP contribution is 2.39. The Kier molecular flexibility index (Phi) is 6.51. The molecule has 1 saturated carbocycles. The highest BCUT2D eigenvalue weighted by Gasteiger charge is 2.38. The number of thioether (sulfide) groups is 1. The fourth-order valence-electron chi connectivity index (χ4n) is 4.68. The number of carbonyl (C=O) groups excluding carboxylic acids is 1. The largest absolute Gasteiger partial charge is 0.438 e. The number of rotatable bonds is 5. The molecule has 3 heterocycles. The summed E-state index contributed by atoms with van der Waals surface area (Å²) in [6.45, 7) is 6.18. The van der Waals surface area contributed by atoms with E-state index in [2.05, 4.69) is 18.8 Å². The zero-order valence-electron chi connectivity index (χ0n) is 20.0. The fraction of sp³-hybridized carbons (Fsp3) is 0.333. The molecule has 1 aromatic carbocycles. The molecule has 0 bridgehead atoms. The second-order valence-corrected chi connectivity index (χ2v) is 11.0. The smallest absolute Gasteiger partial charge is 0.269 e. The molecule has 1 saturated heterocycles. The third-order valence-corrected chi connectivity index (χ3v) is 7.85. The Balaban J connectivity index is 1.63. The Labute approximate surface area is 214 Å². The second kappa shape index (κ2) is 9.59. The summed E-state index contributed by atoms with van der Waals surface area (Å²) in [4.78, 5) is 33.7. The van der Waals surface area contributed by atoms with Gasteiger partial charge in [-0.25, -0.2) is 0 Å². The van der Waals surface area contributed by atoms with E-state index in [1.807, 2.05) is 31.2 Å². The average molecular weight is 506 g/mol. The first kappa shape index (κ1) is 23.8. The van der Waals surface area contributed by atoms with Gasteiger partial charge in [-0.2, -0.15) is 4.98 Å². The summed E-state index contributed by atoms with van der Waals surface area (Å²) in [5, 5.41) is 0. The van der Waals surface area contributed by atoms with Crippen LogP contribution in [0.1, 0.15) is 62.1 Å². The van der Waals surface area contributed by atoms with E-state index in [1.54, 1.807) is 29.3 Å². The molecule has 0 atom stereocenters. The highest BCUT2D eigenvalue weighted by atomic mass is 32.2. The molecule has 5 rings (SSSR count). The van der Waals surface area contributed by atoms with Gasteiger partial charge in [-0.1, -0.05) is 68.9 Å². The predicted octanol–water partition coefficient (Wildman–Crippen LogP) is 6.06. The number of hydrogen-bond acceptors (Lipinski definition) is 6. The molecular weight excluding hydrogens is 478 g/mol. The Hall–Kier alpha value is -2.97. The molecule has 2 aromatic heterocycles. The molecule has 8 heteroatoms. The van der Waals surface area contributed by atoms with Gasteiger partial charge in [0.15, 0.2) is 0 Å². The van der Waals surface area contributed by atoms with E-state index in [0.29, 0.717) is 20.6 Å². The van der Waals surface area contributed by atoms with Crippen molar-refractivity contribution in [2.75, 3.05) is 0 Å². The number of fused-ring (bicyclic) bond motifs is 1. The first-order valence-electron chi connectivity index (χ1n) is 11.9. The van der Waals surface area contributed by atoms with Crippen LogP contribution in [0.2, 0.25) is 0 Å². The van der Waals surface area contributed by atoms with E-state index >= 15 is 0 Å². The summed E-state index contributed by atoms with van der Waals surface area (Å²) >= 11 is 6.79. The van der Waals surface area contributed by atoms with Gasteiger partial charge in [-0.15, -0.1) is 0 Å². The van der Waals surface area contributed by atoms with Gasteiger partial charge in [0.25, 0.3) is 11.5 Å². The highest BCUT2D eigenvalue weighted by molar-refractivity contribution is 8.26. The van der Waals surface area contributed by atoms with Gasteiger partial charge in [0, 0.05) is 12.2 Å². The molecule has 35 heavy (non-hydrogen) atoms. The minimum Gasteiger partial charge on any atom is -0.438 e. The van der Waals surface area contributed by atoms with Crippen LogP contribution in [-0.2, 0) is 4.79 Å². The van der Waals surface area contributed by atoms with Crippen molar-refractivity contribution in [1.82, 2.24) is 14.3 Å². The molecule has 180 valence electrons. The second-order valence-electron chi connectivity index (χ2n) is 9.35. The van der Waals surface area contributed by atoms with Crippen LogP contribution >= 0.6 is 24.0 Å². The minimum absolute atomic E-state index is 0.140. The van der Waals surface area contributed by atoms with Crippen LogP contribution < -0.4 is 10.3 Å². The zero-order valence-corrected chi connectivity index (χ0v) is 21.6. The van der Waals surface area contributed by atoms with Crippen LogP contribution in [0.25, 0.3) is 11.7 Å². The molecule has 1 aliphatic heterocycles. The van der Waals surface area contributed by atoms with E-state index in [-0.39, 0.29) is 34.9 Å². The van der Waals surface area contributed by atoms with Gasteiger partial charge >= 0.3 is 0 Å². The SMILES string of the molecule is Cc1ccc(C(C)C)c(Oc2nc3ccccn3c(=O)c2/C=C2/SC(=S)N(C3CCCC3)C2=O)c1. The van der Waals surface area contributed by atoms with Crippen molar-refractivity contribution < 1.29 is 9.53 Å². The molecule has 0 spiro atoms. The summed E-state index contributed by atoms with van der Waals surface area (Å²) in [6.07, 6.45) is 7.39. The Morgan fingerprint density at radius 1 is 1.17 bits per heavy atom. The molecular formula is C27H27N3O3S2. The van der Waals surface area contributed by atoms with Gasteiger partial charge in [0.1, 0.15) is 21.3 Å². The third kappa shape index (κ3) is 4.52. The zero-order chi connectivity index (χ0) is 24.7. The van der Waals surface area contributed by atoms with Crippen LogP contribution in [0, 0.1) is 6.92 Å². The van der Waals surface area contributed by atoms with E-state index in [9.17, 15) is 9.59 Å². The van der Waals surface area contributed by atoms with Gasteiger partial charge in [-0.05, 0) is 61.1 Å². The predicted molar refractivity (Wildman–Crippen MR) is 144 cm³/mol. The Bertz CT molecular complexity index is 1420. The molecule has 0 N–H and O–H groups in total. The number of aromatic nitrogens is 2. The summed E-state index contributed by atoms with van der Waals surface area (Å²) in [5.74, 6) is 0.910. The lowest BCUT2D eigenvalue weighted by Crippen LogP contribution is -2.36. The summed E-state index contributed by atoms with van der Waals surface area (Å²) in [7, 11) is 0. The van der Waals surface area contributed by atoms with Crippen LogP contribution in [0.5, 0.6) is 11.6 Å². The van der Waals surface area contributed by atoms with Gasteiger partial charge in [-0.3, -0.25) is 18.9 Å². The maximum atomic E-state index is 13.6. The average Bonchev–Trinajstić information content (AvgIpc) is 3.44. The normalized spacial score (nSPS) is 17.9. The monoisotopic (exact) mass is 505 g/mol. The van der Waals surface area contributed by atoms with Crippen LogP contribution in [0.15, 0.2) is 52.3 Å². The molecule has 0 radical (unpaired) electrons. The lowest BCUT2D eigenvalue weighted by Gasteiger charge is -2.21. The molecule has 0 unspecified atom stereocenters. The number of carbonyl (C=O) groups is 1. The van der Waals surface area contributed by atoms with Crippen molar-refractivity contribution in [3.8, 4) is 11.6 Å². The van der Waals surface area contributed by atoms with E-state index in [1.165, 1.54) is 16.2 Å². The quantitative estimate of drug-likeness (QED) is 0.310. The van der Waals surface area contributed by atoms with Crippen molar-refractivity contribution in [2.24, 2.45) is 0 Å². The number of benzene rings is 1. The van der Waals surface area contributed by atoms with Crippen molar-refractivity contribution in [3.05, 3.63) is 74.5 Å². The maximum Gasteiger partial charge on any atom is 0.269 e. The van der Waals surface area contributed by atoms with Crippen LogP contribution in [0.3, 0.4) is 0 Å². The van der Waals surface area contributed by atoms with Crippen LogP contribution in [-0.4, -0.2) is 30.6 Å². The van der Waals surface area contributed by atoms with Gasteiger partial charge in [0.2, 0.25) is 5.88 Å². The number of nitrogens with zero attached hydrogens (tertiary/aromatic N) is 3. The van der Waals surface area contributed by atoms with Gasteiger partial charge < -0.3 is 4.74 Å². The van der Waals surface area contributed by atoms with Crippen molar-refractivity contribution in [3.63, 3.8) is 0 Å². The summed E-state index contributed by atoms with van der Waals surface area (Å²) in [5.41, 5.74) is 2.47. The van der Waals surface area contributed by atoms with Crippen molar-refractivity contribution in [1.29, 1.82) is 0 Å². The molecule has 3 aromatic rings. The topological polar surface area (TPSA) is 63.9 Å². The van der Waals surface area contributed by atoms with Crippen LogP contribution in [0.4, 0.5) is 0 Å². The minimum atomic E-state index is -0.296. The Morgan fingerprint density at radius 3 is 2.69 bits per heavy atom. The van der Waals surface area contributed by atoms with Crippen molar-refractivity contribution in [2.45, 2.75) is 58.4 Å². The van der Waals surface area contributed by atoms with Crippen molar-refractivity contribution >= 4 is 45.9 Å². The number of aryl methyl sites for hydroxylation is 1. The summed E-state index contributed by atoms with van der Waals surface area (Å²) in [6, 6.07) is 11.5. The molecule has 1 aliphatic carbocycles. The first-order valence-corrected chi connectivity index (χ1v) is 13.1. The number of thiocarbonyl (C=S) groups is 1. The fourth-order valence-corrected chi connectivity index (χ4v) is 6.07.